The molecule has 140 valence electrons. The van der Waals surface area contributed by atoms with Crippen LogP contribution in [-0.4, -0.2) is 39.5 Å². The lowest BCUT2D eigenvalue weighted by atomic mass is 10.0. The summed E-state index contributed by atoms with van der Waals surface area (Å²) in [5, 5.41) is 4.14. The molecular formula is C20H27N3O3. The lowest BCUT2D eigenvalue weighted by molar-refractivity contribution is -0.133. The summed E-state index contributed by atoms with van der Waals surface area (Å²) >= 11 is 0. The maximum absolute atomic E-state index is 12.6. The van der Waals surface area contributed by atoms with E-state index >= 15 is 0 Å². The monoisotopic (exact) mass is 357 g/mol. The topological polar surface area (TPSA) is 64.4 Å². The predicted molar refractivity (Wildman–Crippen MR) is 100 cm³/mol. The highest BCUT2D eigenvalue weighted by Gasteiger charge is 2.18. The SMILES string of the molecule is COc1ccc(C(=O)CCCC(=O)N(Cc2cnn(C)c2)C(C)C)cc1. The fourth-order valence-corrected chi connectivity index (χ4v) is 2.77. The van der Waals surface area contributed by atoms with Gasteiger partial charge in [0.25, 0.3) is 0 Å². The Balaban J connectivity index is 1.85. The summed E-state index contributed by atoms with van der Waals surface area (Å²) in [5.41, 5.74) is 1.65. The van der Waals surface area contributed by atoms with Crippen LogP contribution in [-0.2, 0) is 18.4 Å². The molecule has 6 nitrogen and oxygen atoms in total. The minimum Gasteiger partial charge on any atom is -0.497 e. The minimum atomic E-state index is 0.0452. The normalized spacial score (nSPS) is 10.8. The standard InChI is InChI=1S/C20H27N3O3/c1-15(2)23(14-16-12-21-22(3)13-16)20(25)7-5-6-19(24)17-8-10-18(26-4)11-9-17/h8-13,15H,5-7,14H2,1-4H3. The Morgan fingerprint density at radius 1 is 1.19 bits per heavy atom. The number of ketones is 1. The smallest absolute Gasteiger partial charge is 0.223 e. The average molecular weight is 357 g/mol. The number of aromatic nitrogens is 2. The van der Waals surface area contributed by atoms with Gasteiger partial charge in [0, 0.05) is 49.8 Å². The van der Waals surface area contributed by atoms with Crippen LogP contribution in [0.15, 0.2) is 36.7 Å². The summed E-state index contributed by atoms with van der Waals surface area (Å²) in [4.78, 5) is 26.6. The van der Waals surface area contributed by atoms with E-state index in [-0.39, 0.29) is 17.7 Å². The van der Waals surface area contributed by atoms with E-state index in [9.17, 15) is 9.59 Å². The van der Waals surface area contributed by atoms with E-state index in [0.29, 0.717) is 31.4 Å². The molecule has 6 heteroatoms. The molecular weight excluding hydrogens is 330 g/mol. The molecule has 2 rings (SSSR count). The Labute approximate surface area is 154 Å². The summed E-state index contributed by atoms with van der Waals surface area (Å²) in [7, 11) is 3.45. The number of aryl methyl sites for hydroxylation is 1. The molecule has 2 aromatic rings. The Bertz CT molecular complexity index is 735. The summed E-state index contributed by atoms with van der Waals surface area (Å²) in [6, 6.07) is 7.15. The number of rotatable bonds is 9. The van der Waals surface area contributed by atoms with Gasteiger partial charge in [-0.3, -0.25) is 14.3 Å². The van der Waals surface area contributed by atoms with E-state index in [1.165, 1.54) is 0 Å². The second-order valence-electron chi connectivity index (χ2n) is 6.64. The van der Waals surface area contributed by atoms with E-state index in [1.807, 2.05) is 32.0 Å². The zero-order valence-electron chi connectivity index (χ0n) is 15.9. The van der Waals surface area contributed by atoms with Gasteiger partial charge in [-0.05, 0) is 44.5 Å². The highest BCUT2D eigenvalue weighted by atomic mass is 16.5. The van der Waals surface area contributed by atoms with Crippen molar-refractivity contribution in [2.24, 2.45) is 7.05 Å². The molecule has 0 spiro atoms. The number of hydrogen-bond acceptors (Lipinski definition) is 4. The van der Waals surface area contributed by atoms with Crippen molar-refractivity contribution < 1.29 is 14.3 Å². The van der Waals surface area contributed by atoms with Crippen molar-refractivity contribution in [2.45, 2.75) is 45.7 Å². The van der Waals surface area contributed by atoms with Crippen LogP contribution < -0.4 is 4.74 Å². The van der Waals surface area contributed by atoms with Crippen LogP contribution in [0.25, 0.3) is 0 Å². The first-order chi connectivity index (χ1) is 12.4. The van der Waals surface area contributed by atoms with Gasteiger partial charge in [0.2, 0.25) is 5.91 Å². The van der Waals surface area contributed by atoms with E-state index in [0.717, 1.165) is 11.3 Å². The van der Waals surface area contributed by atoms with E-state index in [4.69, 9.17) is 4.74 Å². The number of benzene rings is 1. The molecule has 0 unspecified atom stereocenters. The van der Waals surface area contributed by atoms with E-state index in [2.05, 4.69) is 5.10 Å². The Morgan fingerprint density at radius 2 is 1.88 bits per heavy atom. The van der Waals surface area contributed by atoms with Crippen molar-refractivity contribution in [3.05, 3.63) is 47.8 Å². The molecule has 0 aliphatic carbocycles. The van der Waals surface area contributed by atoms with Gasteiger partial charge in [-0.15, -0.1) is 0 Å². The number of nitrogens with zero attached hydrogens (tertiary/aromatic N) is 3. The maximum Gasteiger partial charge on any atom is 0.223 e. The van der Waals surface area contributed by atoms with Crippen LogP contribution in [0.3, 0.4) is 0 Å². The number of Topliss-reactive ketones (excluding diaryl/α,β-unsaturated/α-hetero) is 1. The highest BCUT2D eigenvalue weighted by Crippen LogP contribution is 2.15. The Hall–Kier alpha value is -2.63. The average Bonchev–Trinajstić information content (AvgIpc) is 3.04. The first kappa shape index (κ1) is 19.7. The van der Waals surface area contributed by atoms with Gasteiger partial charge in [-0.2, -0.15) is 5.10 Å². The maximum atomic E-state index is 12.6. The molecule has 0 fully saturated rings. The van der Waals surface area contributed by atoms with Gasteiger partial charge in [0.05, 0.1) is 13.3 Å². The van der Waals surface area contributed by atoms with Crippen LogP contribution >= 0.6 is 0 Å². The van der Waals surface area contributed by atoms with Crippen molar-refractivity contribution in [2.75, 3.05) is 7.11 Å². The largest absolute Gasteiger partial charge is 0.497 e. The van der Waals surface area contributed by atoms with Crippen molar-refractivity contribution in [3.63, 3.8) is 0 Å². The third-order valence-corrected chi connectivity index (χ3v) is 4.26. The van der Waals surface area contributed by atoms with Gasteiger partial charge in [0.15, 0.2) is 5.78 Å². The molecule has 1 heterocycles. The van der Waals surface area contributed by atoms with Crippen molar-refractivity contribution in [1.82, 2.24) is 14.7 Å². The summed E-state index contributed by atoms with van der Waals surface area (Å²) < 4.78 is 6.82. The number of amides is 1. The second kappa shape index (κ2) is 9.17. The molecule has 0 N–H and O–H groups in total. The molecule has 1 aromatic heterocycles. The number of methoxy groups -OCH3 is 1. The van der Waals surface area contributed by atoms with Gasteiger partial charge in [-0.25, -0.2) is 0 Å². The van der Waals surface area contributed by atoms with Crippen LogP contribution in [0.5, 0.6) is 5.75 Å². The third kappa shape index (κ3) is 5.44. The molecule has 0 atom stereocenters. The first-order valence-electron chi connectivity index (χ1n) is 8.85. The van der Waals surface area contributed by atoms with E-state index < -0.39 is 0 Å². The molecule has 0 bridgehead atoms. The molecule has 0 aliphatic rings. The van der Waals surface area contributed by atoms with Crippen LogP contribution in [0.4, 0.5) is 0 Å². The van der Waals surface area contributed by atoms with Crippen molar-refractivity contribution in [1.29, 1.82) is 0 Å². The predicted octanol–water partition coefficient (Wildman–Crippen LogP) is 3.22. The van der Waals surface area contributed by atoms with Gasteiger partial charge in [0.1, 0.15) is 5.75 Å². The number of ether oxygens (including phenoxy) is 1. The third-order valence-electron chi connectivity index (χ3n) is 4.26. The fourth-order valence-electron chi connectivity index (χ4n) is 2.77. The number of carbonyl (C=O) groups is 2. The van der Waals surface area contributed by atoms with Crippen LogP contribution in [0.2, 0.25) is 0 Å². The van der Waals surface area contributed by atoms with E-state index in [1.54, 1.807) is 42.3 Å². The number of hydrogen-bond donors (Lipinski definition) is 0. The zero-order valence-corrected chi connectivity index (χ0v) is 15.9. The minimum absolute atomic E-state index is 0.0452. The fraction of sp³-hybridized carbons (Fsp3) is 0.450. The Kier molecular flexibility index (Phi) is 6.95. The quantitative estimate of drug-likeness (QED) is 0.647. The summed E-state index contributed by atoms with van der Waals surface area (Å²) in [5.74, 6) is 0.829. The summed E-state index contributed by atoms with van der Waals surface area (Å²) in [6.07, 6.45) is 4.95. The molecule has 0 saturated heterocycles. The van der Waals surface area contributed by atoms with Crippen LogP contribution in [0, 0.1) is 0 Å². The zero-order chi connectivity index (χ0) is 19.1. The lowest BCUT2D eigenvalue weighted by Crippen LogP contribution is -2.36. The van der Waals surface area contributed by atoms with Crippen molar-refractivity contribution in [3.8, 4) is 5.75 Å². The highest BCUT2D eigenvalue weighted by molar-refractivity contribution is 5.96. The van der Waals surface area contributed by atoms with Gasteiger partial charge < -0.3 is 9.64 Å². The van der Waals surface area contributed by atoms with Gasteiger partial charge >= 0.3 is 0 Å². The van der Waals surface area contributed by atoms with Crippen molar-refractivity contribution >= 4 is 11.7 Å². The summed E-state index contributed by atoms with van der Waals surface area (Å²) in [6.45, 7) is 4.53. The number of carbonyl (C=O) groups excluding carboxylic acids is 2. The Morgan fingerprint density at radius 3 is 2.42 bits per heavy atom. The molecule has 0 aliphatic heterocycles. The van der Waals surface area contributed by atoms with Crippen LogP contribution in [0.1, 0.15) is 49.0 Å². The molecule has 1 aromatic carbocycles. The molecule has 0 radical (unpaired) electrons. The lowest BCUT2D eigenvalue weighted by Gasteiger charge is -2.26. The first-order valence-corrected chi connectivity index (χ1v) is 8.85. The second-order valence-corrected chi connectivity index (χ2v) is 6.64. The van der Waals surface area contributed by atoms with Gasteiger partial charge in [-0.1, -0.05) is 0 Å². The molecule has 26 heavy (non-hydrogen) atoms. The molecule has 1 amide bonds. The molecule has 0 saturated carbocycles.